The number of carbonyl (C=O) groups excluding carboxylic acids is 1. The molecule has 2 aromatic carbocycles. The summed E-state index contributed by atoms with van der Waals surface area (Å²) in [5, 5.41) is 0.927. The number of hydrogen-bond acceptors (Lipinski definition) is 3. The van der Waals surface area contributed by atoms with Crippen molar-refractivity contribution in [3.8, 4) is 5.75 Å². The Morgan fingerprint density at radius 3 is 2.75 bits per heavy atom. The van der Waals surface area contributed by atoms with Gasteiger partial charge in [-0.25, -0.2) is 0 Å². The van der Waals surface area contributed by atoms with Gasteiger partial charge in [-0.15, -0.1) is 6.58 Å². The predicted octanol–water partition coefficient (Wildman–Crippen LogP) is 4.20. The first-order valence-corrected chi connectivity index (χ1v) is 7.73. The summed E-state index contributed by atoms with van der Waals surface area (Å²) in [5.41, 5.74) is 2.44. The zero-order chi connectivity index (χ0) is 16.9. The number of nitrogens with zero attached hydrogens (tertiary/aromatic N) is 1. The Hall–Kier alpha value is -3.01. The zero-order valence-corrected chi connectivity index (χ0v) is 13.6. The van der Waals surface area contributed by atoms with E-state index in [-0.39, 0.29) is 12.3 Å². The van der Waals surface area contributed by atoms with Crippen LogP contribution in [0, 0.1) is 0 Å². The maximum absolute atomic E-state index is 12.8. The third-order valence-corrected chi connectivity index (χ3v) is 3.89. The van der Waals surface area contributed by atoms with Crippen molar-refractivity contribution in [2.45, 2.75) is 6.42 Å². The van der Waals surface area contributed by atoms with Gasteiger partial charge in [-0.05, 0) is 24.3 Å². The van der Waals surface area contributed by atoms with Crippen LogP contribution in [0.3, 0.4) is 0 Å². The van der Waals surface area contributed by atoms with Crippen molar-refractivity contribution in [2.75, 3.05) is 18.6 Å². The molecule has 122 valence electrons. The van der Waals surface area contributed by atoms with Crippen molar-refractivity contribution in [3.63, 3.8) is 0 Å². The molecule has 0 spiro atoms. The molecule has 24 heavy (non-hydrogen) atoms. The number of ether oxygens (including phenoxy) is 1. The van der Waals surface area contributed by atoms with Crippen LogP contribution >= 0.6 is 0 Å². The van der Waals surface area contributed by atoms with Gasteiger partial charge < -0.3 is 14.1 Å². The van der Waals surface area contributed by atoms with Crippen LogP contribution in [0.15, 0.2) is 71.9 Å². The molecule has 0 radical (unpaired) electrons. The van der Waals surface area contributed by atoms with Crippen LogP contribution in [0.1, 0.15) is 5.56 Å². The molecule has 4 nitrogen and oxygen atoms in total. The standard InChI is InChI=1S/C20H19NO3/c1-3-11-21(16-7-5-4-6-8-16)20(22)12-15-14-24-19-13-17(23-2)9-10-18(15)19/h3-10,13-14H,1,11-12H2,2H3. The Morgan fingerprint density at radius 1 is 1.25 bits per heavy atom. The highest BCUT2D eigenvalue weighted by molar-refractivity contribution is 5.97. The highest BCUT2D eigenvalue weighted by atomic mass is 16.5. The van der Waals surface area contributed by atoms with E-state index in [0.29, 0.717) is 12.1 Å². The van der Waals surface area contributed by atoms with Crippen LogP contribution in [-0.4, -0.2) is 19.6 Å². The van der Waals surface area contributed by atoms with Gasteiger partial charge in [0.15, 0.2) is 0 Å². The van der Waals surface area contributed by atoms with Gasteiger partial charge in [0.1, 0.15) is 11.3 Å². The van der Waals surface area contributed by atoms with Crippen molar-refractivity contribution < 1.29 is 13.9 Å². The van der Waals surface area contributed by atoms with Gasteiger partial charge in [-0.1, -0.05) is 24.3 Å². The number of carbonyl (C=O) groups is 1. The minimum Gasteiger partial charge on any atom is -0.497 e. The van der Waals surface area contributed by atoms with Crippen molar-refractivity contribution in [3.05, 3.63) is 73.0 Å². The molecular weight excluding hydrogens is 302 g/mol. The minimum atomic E-state index is -0.000354. The Balaban J connectivity index is 1.86. The summed E-state index contributed by atoms with van der Waals surface area (Å²) in [6.45, 7) is 4.21. The number of benzene rings is 2. The Labute approximate surface area is 140 Å². The molecule has 0 unspecified atom stereocenters. The van der Waals surface area contributed by atoms with E-state index >= 15 is 0 Å². The van der Waals surface area contributed by atoms with Gasteiger partial charge in [-0.3, -0.25) is 4.79 Å². The van der Waals surface area contributed by atoms with E-state index in [4.69, 9.17) is 9.15 Å². The van der Waals surface area contributed by atoms with Gasteiger partial charge in [-0.2, -0.15) is 0 Å². The second-order valence-electron chi connectivity index (χ2n) is 5.43. The molecule has 4 heteroatoms. The maximum atomic E-state index is 12.8. The average Bonchev–Trinajstić information content (AvgIpc) is 3.02. The maximum Gasteiger partial charge on any atom is 0.231 e. The predicted molar refractivity (Wildman–Crippen MR) is 95.5 cm³/mol. The number of amides is 1. The number of furan rings is 1. The smallest absolute Gasteiger partial charge is 0.231 e. The van der Waals surface area contributed by atoms with Crippen LogP contribution in [0.5, 0.6) is 5.75 Å². The number of methoxy groups -OCH3 is 1. The molecule has 0 aliphatic heterocycles. The fourth-order valence-corrected chi connectivity index (χ4v) is 2.67. The first kappa shape index (κ1) is 15.9. The van der Waals surface area contributed by atoms with Crippen LogP contribution in [-0.2, 0) is 11.2 Å². The molecule has 0 saturated heterocycles. The van der Waals surface area contributed by atoms with Gasteiger partial charge in [0.05, 0.1) is 19.8 Å². The number of hydrogen-bond donors (Lipinski definition) is 0. The lowest BCUT2D eigenvalue weighted by molar-refractivity contribution is -0.117. The van der Waals surface area contributed by atoms with E-state index < -0.39 is 0 Å². The number of para-hydroxylation sites is 1. The zero-order valence-electron chi connectivity index (χ0n) is 13.6. The molecule has 1 heterocycles. The minimum absolute atomic E-state index is 0.000354. The van der Waals surface area contributed by atoms with Crippen LogP contribution in [0.2, 0.25) is 0 Å². The number of rotatable bonds is 6. The van der Waals surface area contributed by atoms with E-state index in [9.17, 15) is 4.79 Å². The van der Waals surface area contributed by atoms with E-state index in [2.05, 4.69) is 6.58 Å². The molecule has 3 rings (SSSR count). The Kier molecular flexibility index (Phi) is 4.66. The SMILES string of the molecule is C=CCN(C(=O)Cc1coc2cc(OC)ccc12)c1ccccc1. The summed E-state index contributed by atoms with van der Waals surface area (Å²) in [6.07, 6.45) is 3.63. The topological polar surface area (TPSA) is 42.7 Å². The average molecular weight is 321 g/mol. The normalized spacial score (nSPS) is 10.5. The molecule has 1 amide bonds. The molecule has 1 aromatic heterocycles. The second kappa shape index (κ2) is 7.04. The van der Waals surface area contributed by atoms with E-state index in [1.165, 1.54) is 0 Å². The summed E-state index contributed by atoms with van der Waals surface area (Å²) < 4.78 is 10.8. The molecule has 0 bridgehead atoms. The lowest BCUT2D eigenvalue weighted by atomic mass is 10.1. The quantitative estimate of drug-likeness (QED) is 0.639. The highest BCUT2D eigenvalue weighted by Crippen LogP contribution is 2.26. The summed E-state index contributed by atoms with van der Waals surface area (Å²) in [6, 6.07) is 15.2. The van der Waals surface area contributed by atoms with Gasteiger partial charge in [0.2, 0.25) is 5.91 Å². The van der Waals surface area contributed by atoms with E-state index in [1.807, 2.05) is 48.5 Å². The first-order valence-electron chi connectivity index (χ1n) is 7.73. The van der Waals surface area contributed by atoms with E-state index in [0.717, 1.165) is 22.4 Å². The van der Waals surface area contributed by atoms with Gasteiger partial charge >= 0.3 is 0 Å². The lowest BCUT2D eigenvalue weighted by Gasteiger charge is -2.21. The fraction of sp³-hybridized carbons (Fsp3) is 0.150. The number of anilines is 1. The number of fused-ring (bicyclic) bond motifs is 1. The summed E-state index contributed by atoms with van der Waals surface area (Å²) >= 11 is 0. The molecule has 0 aliphatic rings. The van der Waals surface area contributed by atoms with E-state index in [1.54, 1.807) is 24.3 Å². The monoisotopic (exact) mass is 321 g/mol. The summed E-state index contributed by atoms with van der Waals surface area (Å²) in [7, 11) is 1.61. The molecule has 0 saturated carbocycles. The Bertz CT molecular complexity index is 852. The fourth-order valence-electron chi connectivity index (χ4n) is 2.67. The van der Waals surface area contributed by atoms with Crippen molar-refractivity contribution in [1.29, 1.82) is 0 Å². The summed E-state index contributed by atoms with van der Waals surface area (Å²) in [5.74, 6) is 0.729. The molecule has 0 aliphatic carbocycles. The molecule has 0 N–H and O–H groups in total. The first-order chi connectivity index (χ1) is 11.7. The third kappa shape index (κ3) is 3.18. The second-order valence-corrected chi connectivity index (χ2v) is 5.43. The molecular formula is C20H19NO3. The highest BCUT2D eigenvalue weighted by Gasteiger charge is 2.17. The van der Waals surface area contributed by atoms with Gasteiger partial charge in [0, 0.05) is 29.2 Å². The van der Waals surface area contributed by atoms with Crippen LogP contribution in [0.4, 0.5) is 5.69 Å². The van der Waals surface area contributed by atoms with Crippen LogP contribution < -0.4 is 9.64 Å². The van der Waals surface area contributed by atoms with Gasteiger partial charge in [0.25, 0.3) is 0 Å². The van der Waals surface area contributed by atoms with Crippen molar-refractivity contribution in [2.24, 2.45) is 0 Å². The van der Waals surface area contributed by atoms with Crippen molar-refractivity contribution >= 4 is 22.6 Å². The Morgan fingerprint density at radius 2 is 2.04 bits per heavy atom. The largest absolute Gasteiger partial charge is 0.497 e. The summed E-state index contributed by atoms with van der Waals surface area (Å²) in [4.78, 5) is 14.5. The molecule has 0 atom stereocenters. The lowest BCUT2D eigenvalue weighted by Crippen LogP contribution is -2.32. The molecule has 0 fully saturated rings. The third-order valence-electron chi connectivity index (χ3n) is 3.89. The molecule has 3 aromatic rings. The van der Waals surface area contributed by atoms with Crippen LogP contribution in [0.25, 0.3) is 11.0 Å². The van der Waals surface area contributed by atoms with Crippen molar-refractivity contribution in [1.82, 2.24) is 0 Å².